The summed E-state index contributed by atoms with van der Waals surface area (Å²) in [6, 6.07) is 3.83. The van der Waals surface area contributed by atoms with Gasteiger partial charge in [-0.3, -0.25) is 4.90 Å². The van der Waals surface area contributed by atoms with E-state index in [0.29, 0.717) is 13.1 Å². The van der Waals surface area contributed by atoms with E-state index >= 15 is 0 Å². The van der Waals surface area contributed by atoms with Gasteiger partial charge in [0.15, 0.2) is 0 Å². The molecule has 1 amide bonds. The Bertz CT molecular complexity index is 756. The average Bonchev–Trinajstić information content (AvgIpc) is 2.52. The zero-order valence-electron chi connectivity index (χ0n) is 15.4. The molecule has 0 aromatic carbocycles. The smallest absolute Gasteiger partial charge is 0.410 e. The second kappa shape index (κ2) is 6.46. The van der Waals surface area contributed by atoms with Gasteiger partial charge in [0, 0.05) is 24.7 Å². The Morgan fingerprint density at radius 1 is 1.16 bits per heavy atom. The first-order valence-corrected chi connectivity index (χ1v) is 8.59. The highest BCUT2D eigenvalue weighted by Gasteiger charge is 2.36. The molecule has 134 valence electrons. The lowest BCUT2D eigenvalue weighted by Crippen LogP contribution is -2.59. The van der Waals surface area contributed by atoms with Gasteiger partial charge in [0.1, 0.15) is 11.4 Å². The van der Waals surface area contributed by atoms with Crippen LogP contribution in [-0.2, 0) is 4.74 Å². The van der Waals surface area contributed by atoms with Crippen molar-refractivity contribution in [3.05, 3.63) is 24.5 Å². The molecule has 25 heavy (non-hydrogen) atoms. The van der Waals surface area contributed by atoms with Crippen molar-refractivity contribution in [1.82, 2.24) is 20.1 Å². The highest BCUT2D eigenvalue weighted by atomic mass is 16.6. The zero-order valence-corrected chi connectivity index (χ0v) is 15.4. The summed E-state index contributed by atoms with van der Waals surface area (Å²) in [5.74, 6) is 0.884. The van der Waals surface area contributed by atoms with Gasteiger partial charge in [-0.2, -0.15) is 10.2 Å². The second-order valence-electron chi connectivity index (χ2n) is 7.59. The molecule has 0 unspecified atom stereocenters. The van der Waals surface area contributed by atoms with Gasteiger partial charge in [0.25, 0.3) is 0 Å². The molecule has 1 aliphatic rings. The Hall–Kier alpha value is -2.44. The minimum absolute atomic E-state index is 0.0189. The van der Waals surface area contributed by atoms with Crippen LogP contribution in [0.3, 0.4) is 0 Å². The first kappa shape index (κ1) is 17.4. The van der Waals surface area contributed by atoms with Crippen molar-refractivity contribution >= 4 is 22.8 Å². The van der Waals surface area contributed by atoms with Crippen molar-refractivity contribution in [2.45, 2.75) is 52.3 Å². The van der Waals surface area contributed by atoms with Crippen LogP contribution in [0.2, 0.25) is 0 Å². The van der Waals surface area contributed by atoms with Crippen LogP contribution in [0.1, 0.15) is 34.6 Å². The molecule has 0 aliphatic carbocycles. The Morgan fingerprint density at radius 2 is 1.84 bits per heavy atom. The summed E-state index contributed by atoms with van der Waals surface area (Å²) in [5, 5.41) is 9.06. The standard InChI is InChI=1S/C18H25N5O2/c1-12-10-22(11-13(2)23(12)17(24)25-18(3,4)5)16-14-6-9-20-21-15(14)7-8-19-16/h6-9,12-13H,10-11H2,1-5H3/t12-,13+. The minimum atomic E-state index is -0.497. The number of pyridine rings is 1. The van der Waals surface area contributed by atoms with E-state index in [0.717, 1.165) is 16.7 Å². The lowest BCUT2D eigenvalue weighted by Gasteiger charge is -2.45. The number of carbonyl (C=O) groups is 1. The fourth-order valence-electron chi connectivity index (χ4n) is 3.33. The topological polar surface area (TPSA) is 71.5 Å². The van der Waals surface area contributed by atoms with Crippen LogP contribution in [0.25, 0.3) is 10.9 Å². The van der Waals surface area contributed by atoms with Crippen molar-refractivity contribution in [3.8, 4) is 0 Å². The Balaban J connectivity index is 1.83. The molecule has 2 atom stereocenters. The molecule has 7 heteroatoms. The summed E-state index contributed by atoms with van der Waals surface area (Å²) < 4.78 is 5.56. The number of piperazine rings is 1. The molecule has 3 rings (SSSR count). The molecule has 1 saturated heterocycles. The molecule has 3 heterocycles. The maximum atomic E-state index is 12.5. The van der Waals surface area contributed by atoms with E-state index in [-0.39, 0.29) is 18.2 Å². The van der Waals surface area contributed by atoms with Gasteiger partial charge in [-0.15, -0.1) is 0 Å². The maximum absolute atomic E-state index is 12.5. The molecule has 1 aliphatic heterocycles. The van der Waals surface area contributed by atoms with E-state index in [4.69, 9.17) is 4.74 Å². The predicted molar refractivity (Wildman–Crippen MR) is 96.5 cm³/mol. The van der Waals surface area contributed by atoms with Crippen molar-refractivity contribution in [1.29, 1.82) is 0 Å². The number of carbonyl (C=O) groups excluding carboxylic acids is 1. The van der Waals surface area contributed by atoms with Crippen LogP contribution >= 0.6 is 0 Å². The monoisotopic (exact) mass is 343 g/mol. The van der Waals surface area contributed by atoms with Gasteiger partial charge in [0.2, 0.25) is 0 Å². The Kier molecular flexibility index (Phi) is 4.49. The Morgan fingerprint density at radius 3 is 2.48 bits per heavy atom. The summed E-state index contributed by atoms with van der Waals surface area (Å²) in [4.78, 5) is 21.1. The average molecular weight is 343 g/mol. The highest BCUT2D eigenvalue weighted by Crippen LogP contribution is 2.27. The van der Waals surface area contributed by atoms with Gasteiger partial charge in [0.05, 0.1) is 23.8 Å². The van der Waals surface area contributed by atoms with E-state index in [1.165, 1.54) is 0 Å². The summed E-state index contributed by atoms with van der Waals surface area (Å²) in [7, 11) is 0. The lowest BCUT2D eigenvalue weighted by molar-refractivity contribution is 0.00563. The zero-order chi connectivity index (χ0) is 18.2. The molecule has 1 fully saturated rings. The first-order chi connectivity index (χ1) is 11.8. The maximum Gasteiger partial charge on any atom is 0.410 e. The molecule has 0 saturated carbocycles. The number of ether oxygens (including phenoxy) is 1. The van der Waals surface area contributed by atoms with E-state index in [1.807, 2.05) is 51.7 Å². The largest absolute Gasteiger partial charge is 0.444 e. The number of anilines is 1. The second-order valence-corrected chi connectivity index (χ2v) is 7.59. The molecule has 0 N–H and O–H groups in total. The SMILES string of the molecule is C[C@@H]1CN(c2nccc3nnccc23)C[C@H](C)N1C(=O)OC(C)(C)C. The van der Waals surface area contributed by atoms with Crippen molar-refractivity contribution in [2.24, 2.45) is 0 Å². The van der Waals surface area contributed by atoms with E-state index in [9.17, 15) is 4.79 Å². The fraction of sp³-hybridized carbons (Fsp3) is 0.556. The van der Waals surface area contributed by atoms with Crippen molar-refractivity contribution in [3.63, 3.8) is 0 Å². The van der Waals surface area contributed by atoms with Crippen LogP contribution in [0.5, 0.6) is 0 Å². The number of nitrogens with zero attached hydrogens (tertiary/aromatic N) is 5. The van der Waals surface area contributed by atoms with E-state index < -0.39 is 5.60 Å². The fourth-order valence-corrected chi connectivity index (χ4v) is 3.33. The molecule has 0 spiro atoms. The molecular weight excluding hydrogens is 318 g/mol. The van der Waals surface area contributed by atoms with Gasteiger partial charge in [-0.1, -0.05) is 0 Å². The number of hydrogen-bond donors (Lipinski definition) is 0. The molecule has 7 nitrogen and oxygen atoms in total. The lowest BCUT2D eigenvalue weighted by atomic mass is 10.1. The van der Waals surface area contributed by atoms with E-state index in [1.54, 1.807) is 12.4 Å². The van der Waals surface area contributed by atoms with Gasteiger partial charge >= 0.3 is 6.09 Å². The van der Waals surface area contributed by atoms with Crippen LogP contribution in [0.15, 0.2) is 24.5 Å². The molecule has 0 bridgehead atoms. The summed E-state index contributed by atoms with van der Waals surface area (Å²) in [6.07, 6.45) is 3.17. The first-order valence-electron chi connectivity index (χ1n) is 8.59. The third-order valence-corrected chi connectivity index (χ3v) is 4.24. The normalized spacial score (nSPS) is 21.5. The van der Waals surface area contributed by atoms with E-state index in [2.05, 4.69) is 20.1 Å². The third-order valence-electron chi connectivity index (χ3n) is 4.24. The van der Waals surface area contributed by atoms with Gasteiger partial charge < -0.3 is 9.64 Å². The summed E-state index contributed by atoms with van der Waals surface area (Å²) >= 11 is 0. The van der Waals surface area contributed by atoms with Crippen LogP contribution in [0, 0.1) is 0 Å². The van der Waals surface area contributed by atoms with Gasteiger partial charge in [-0.05, 0) is 46.8 Å². The third kappa shape index (κ3) is 3.65. The number of hydrogen-bond acceptors (Lipinski definition) is 6. The van der Waals surface area contributed by atoms with Crippen LogP contribution < -0.4 is 4.90 Å². The van der Waals surface area contributed by atoms with Crippen LogP contribution in [-0.4, -0.2) is 56.9 Å². The quantitative estimate of drug-likeness (QED) is 0.793. The molecule has 2 aromatic heterocycles. The Labute approximate surface area is 148 Å². The number of amides is 1. The summed E-state index contributed by atoms with van der Waals surface area (Å²) in [5.41, 5.74) is 0.325. The van der Waals surface area contributed by atoms with Gasteiger partial charge in [-0.25, -0.2) is 9.78 Å². The molecule has 2 aromatic rings. The number of aromatic nitrogens is 3. The number of rotatable bonds is 1. The highest BCUT2D eigenvalue weighted by molar-refractivity contribution is 5.89. The van der Waals surface area contributed by atoms with Crippen LogP contribution in [0.4, 0.5) is 10.6 Å². The van der Waals surface area contributed by atoms with Crippen molar-refractivity contribution < 1.29 is 9.53 Å². The molecular formula is C18H25N5O2. The number of fused-ring (bicyclic) bond motifs is 1. The van der Waals surface area contributed by atoms with Crippen molar-refractivity contribution in [2.75, 3.05) is 18.0 Å². The summed E-state index contributed by atoms with van der Waals surface area (Å²) in [6.45, 7) is 11.1. The molecule has 0 radical (unpaired) electrons. The minimum Gasteiger partial charge on any atom is -0.444 e. The predicted octanol–water partition coefficient (Wildman–Crippen LogP) is 2.86.